The number of piperazine rings is 1. The van der Waals surface area contributed by atoms with Crippen molar-refractivity contribution >= 4 is 33.2 Å². The molecular formula is C26H28BrN5O6. The molecule has 0 radical (unpaired) electrons. The zero-order valence-corrected chi connectivity index (χ0v) is 22.7. The molecule has 0 spiro atoms. The molecule has 1 aromatic heterocycles. The van der Waals surface area contributed by atoms with Crippen LogP contribution in [0.15, 0.2) is 62.6 Å². The Morgan fingerprint density at radius 2 is 1.68 bits per heavy atom. The van der Waals surface area contributed by atoms with Crippen molar-refractivity contribution in [2.45, 2.75) is 6.42 Å². The van der Waals surface area contributed by atoms with Crippen LogP contribution in [-0.2, 0) is 14.1 Å². The number of rotatable bonds is 9. The van der Waals surface area contributed by atoms with Gasteiger partial charge in [-0.15, -0.1) is 0 Å². The molecule has 0 N–H and O–H groups in total. The van der Waals surface area contributed by atoms with E-state index in [1.54, 1.807) is 31.3 Å². The summed E-state index contributed by atoms with van der Waals surface area (Å²) in [5.41, 5.74) is -0.299. The summed E-state index contributed by atoms with van der Waals surface area (Å²) in [6, 6.07) is 12.3. The van der Waals surface area contributed by atoms with Gasteiger partial charge in [-0.2, -0.15) is 0 Å². The average molecular weight is 586 g/mol. The summed E-state index contributed by atoms with van der Waals surface area (Å²) in [5.74, 6) is 0.569. The summed E-state index contributed by atoms with van der Waals surface area (Å²) in [4.78, 5) is 52.5. The van der Waals surface area contributed by atoms with E-state index in [0.29, 0.717) is 43.2 Å². The molecule has 1 aliphatic heterocycles. The summed E-state index contributed by atoms with van der Waals surface area (Å²) in [6.07, 6.45) is 0.688. The summed E-state index contributed by atoms with van der Waals surface area (Å²) in [7, 11) is 3.12. The number of ketones is 1. The number of nitro groups is 1. The van der Waals surface area contributed by atoms with Crippen molar-refractivity contribution in [3.05, 3.63) is 95.1 Å². The van der Waals surface area contributed by atoms with Crippen LogP contribution in [0, 0.1) is 10.1 Å². The van der Waals surface area contributed by atoms with E-state index in [1.165, 1.54) is 35.9 Å². The van der Waals surface area contributed by atoms with Crippen molar-refractivity contribution in [3.8, 4) is 5.75 Å². The van der Waals surface area contributed by atoms with Crippen LogP contribution in [0.2, 0.25) is 0 Å². The van der Waals surface area contributed by atoms with E-state index in [1.807, 2.05) is 4.90 Å². The van der Waals surface area contributed by atoms with E-state index in [4.69, 9.17) is 4.74 Å². The van der Waals surface area contributed by atoms with Crippen LogP contribution in [-0.4, -0.2) is 64.1 Å². The molecule has 0 atom stereocenters. The lowest BCUT2D eigenvalue weighted by Gasteiger charge is -2.36. The fraction of sp³-hybridized carbons (Fsp3) is 0.346. The predicted octanol–water partition coefficient (Wildman–Crippen LogP) is 2.58. The van der Waals surface area contributed by atoms with Gasteiger partial charge in [-0.05, 0) is 36.8 Å². The number of nitro benzene ring substituents is 1. The van der Waals surface area contributed by atoms with Gasteiger partial charge in [0.2, 0.25) is 0 Å². The molecule has 2 heterocycles. The van der Waals surface area contributed by atoms with Crippen LogP contribution < -0.4 is 20.9 Å². The van der Waals surface area contributed by atoms with Crippen molar-refractivity contribution in [1.29, 1.82) is 0 Å². The Hall–Kier alpha value is -3.77. The average Bonchev–Trinajstić information content (AvgIpc) is 2.92. The fourth-order valence-electron chi connectivity index (χ4n) is 4.39. The van der Waals surface area contributed by atoms with Gasteiger partial charge in [0.25, 0.3) is 11.2 Å². The molecule has 0 unspecified atom stereocenters. The first-order valence-electron chi connectivity index (χ1n) is 12.1. The summed E-state index contributed by atoms with van der Waals surface area (Å²) < 4.78 is 9.30. The molecule has 2 aromatic carbocycles. The first-order valence-corrected chi connectivity index (χ1v) is 12.9. The predicted molar refractivity (Wildman–Crippen MR) is 146 cm³/mol. The van der Waals surface area contributed by atoms with E-state index >= 15 is 0 Å². The second kappa shape index (κ2) is 11.7. The quantitative estimate of drug-likeness (QED) is 0.163. The number of anilines is 1. The lowest BCUT2D eigenvalue weighted by Crippen LogP contribution is -2.49. The highest BCUT2D eigenvalue weighted by molar-refractivity contribution is 9.10. The topological polar surface area (TPSA) is 120 Å². The number of non-ortho nitro benzene ring substituents is 1. The molecule has 4 rings (SSSR count). The summed E-state index contributed by atoms with van der Waals surface area (Å²) >= 11 is 3.34. The maximum Gasteiger partial charge on any atom is 0.332 e. The Kier molecular flexibility index (Phi) is 8.42. The van der Waals surface area contributed by atoms with Crippen molar-refractivity contribution < 1.29 is 14.5 Å². The summed E-state index contributed by atoms with van der Waals surface area (Å²) in [6.45, 7) is 3.96. The maximum absolute atomic E-state index is 13.1. The summed E-state index contributed by atoms with van der Waals surface area (Å²) in [5, 5.41) is 11.3. The van der Waals surface area contributed by atoms with E-state index in [-0.39, 0.29) is 28.3 Å². The number of carbonyl (C=O) groups is 1. The number of ether oxygens (including phenoxy) is 1. The Labute approximate surface area is 227 Å². The van der Waals surface area contributed by atoms with E-state index in [2.05, 4.69) is 20.8 Å². The maximum atomic E-state index is 13.1. The van der Waals surface area contributed by atoms with Gasteiger partial charge >= 0.3 is 5.69 Å². The number of benzene rings is 2. The van der Waals surface area contributed by atoms with Gasteiger partial charge in [-0.3, -0.25) is 33.7 Å². The molecule has 1 fully saturated rings. The number of hydrogen-bond donors (Lipinski definition) is 0. The normalized spacial score (nSPS) is 13.9. The molecule has 3 aromatic rings. The van der Waals surface area contributed by atoms with Crippen molar-refractivity contribution in [3.63, 3.8) is 0 Å². The Balaban J connectivity index is 1.34. The highest BCUT2D eigenvalue weighted by Crippen LogP contribution is 2.27. The van der Waals surface area contributed by atoms with E-state index in [9.17, 15) is 24.5 Å². The third kappa shape index (κ3) is 6.03. The lowest BCUT2D eigenvalue weighted by atomic mass is 10.0. The highest BCUT2D eigenvalue weighted by atomic mass is 79.9. The van der Waals surface area contributed by atoms with Gasteiger partial charge in [-0.1, -0.05) is 15.9 Å². The van der Waals surface area contributed by atoms with Crippen LogP contribution >= 0.6 is 15.9 Å². The molecular weight excluding hydrogens is 558 g/mol. The van der Waals surface area contributed by atoms with Gasteiger partial charge < -0.3 is 9.64 Å². The van der Waals surface area contributed by atoms with E-state index < -0.39 is 4.92 Å². The number of carbonyl (C=O) groups excluding carboxylic acids is 1. The monoisotopic (exact) mass is 585 g/mol. The van der Waals surface area contributed by atoms with Gasteiger partial charge in [0.1, 0.15) is 11.6 Å². The van der Waals surface area contributed by atoms with Gasteiger partial charge in [0, 0.05) is 75.1 Å². The molecule has 1 aliphatic rings. The molecule has 11 nitrogen and oxygen atoms in total. The largest absolute Gasteiger partial charge is 0.493 e. The molecule has 12 heteroatoms. The SMILES string of the molecule is Cn1c(N2CCN(CCCOc3ccc([N+](=O)[O-])cc3C(=O)c3ccc(Br)cc3)CC2)cc(=O)n(C)c1=O. The van der Waals surface area contributed by atoms with Crippen molar-refractivity contribution in [2.75, 3.05) is 44.2 Å². The lowest BCUT2D eigenvalue weighted by molar-refractivity contribution is -0.384. The fourth-order valence-corrected chi connectivity index (χ4v) is 4.65. The molecule has 0 saturated carbocycles. The zero-order chi connectivity index (χ0) is 27.4. The molecule has 1 saturated heterocycles. The third-order valence-electron chi connectivity index (χ3n) is 6.60. The van der Waals surface area contributed by atoms with Crippen LogP contribution in [0.3, 0.4) is 0 Å². The minimum absolute atomic E-state index is 0.148. The minimum Gasteiger partial charge on any atom is -0.493 e. The number of hydrogen-bond acceptors (Lipinski definition) is 8. The standard InChI is InChI=1S/C26H28BrN5O6/c1-28-23(17-24(33)29(2)26(28)35)31-13-11-30(12-14-31)10-3-15-38-22-9-8-20(32(36)37)16-21(22)25(34)18-4-6-19(27)7-5-18/h4-9,16-17H,3,10-15H2,1-2H3. The number of nitrogens with zero attached hydrogens (tertiary/aromatic N) is 5. The molecule has 200 valence electrons. The Bertz CT molecular complexity index is 1460. The van der Waals surface area contributed by atoms with E-state index in [0.717, 1.165) is 28.7 Å². The zero-order valence-electron chi connectivity index (χ0n) is 21.1. The third-order valence-corrected chi connectivity index (χ3v) is 7.13. The highest BCUT2D eigenvalue weighted by Gasteiger charge is 2.21. The first kappa shape index (κ1) is 27.3. The van der Waals surface area contributed by atoms with Crippen LogP contribution in [0.4, 0.5) is 11.5 Å². The minimum atomic E-state index is -0.535. The second-order valence-electron chi connectivity index (χ2n) is 9.05. The molecule has 0 aliphatic carbocycles. The number of aromatic nitrogens is 2. The van der Waals surface area contributed by atoms with Gasteiger partial charge in [-0.25, -0.2) is 4.79 Å². The van der Waals surface area contributed by atoms with Crippen molar-refractivity contribution in [2.24, 2.45) is 14.1 Å². The molecule has 0 amide bonds. The van der Waals surface area contributed by atoms with Gasteiger partial charge in [0.05, 0.1) is 17.1 Å². The van der Waals surface area contributed by atoms with Crippen LogP contribution in [0.5, 0.6) is 5.75 Å². The van der Waals surface area contributed by atoms with Crippen molar-refractivity contribution in [1.82, 2.24) is 14.0 Å². The molecule has 38 heavy (non-hydrogen) atoms. The second-order valence-corrected chi connectivity index (χ2v) is 9.96. The smallest absolute Gasteiger partial charge is 0.332 e. The molecule has 0 bridgehead atoms. The van der Waals surface area contributed by atoms with Crippen LogP contribution in [0.25, 0.3) is 0 Å². The first-order chi connectivity index (χ1) is 18.2. The Morgan fingerprint density at radius 1 is 1.00 bits per heavy atom. The Morgan fingerprint density at radius 3 is 2.34 bits per heavy atom. The van der Waals surface area contributed by atoms with Gasteiger partial charge in [0.15, 0.2) is 5.78 Å². The number of halogens is 1. The van der Waals surface area contributed by atoms with Crippen LogP contribution in [0.1, 0.15) is 22.3 Å².